The number of hydrogen-bond donors (Lipinski definition) is 2. The standard InChI is InChI=1S/C19H22N4O4/c1-2-14-12-22(18(26)15-10-16(24)21-19(27)20-15)9-8-17(25)23(14)11-13-6-4-3-5-7-13/h3-7,10,14H,2,8-9,11-12H2,1H3,(H2,20,21,24,27). The van der Waals surface area contributed by atoms with Crippen LogP contribution in [0.15, 0.2) is 46.0 Å². The molecule has 1 aromatic carbocycles. The third-order valence-corrected chi connectivity index (χ3v) is 4.73. The molecule has 0 aliphatic carbocycles. The van der Waals surface area contributed by atoms with Gasteiger partial charge in [-0.15, -0.1) is 0 Å². The Hall–Kier alpha value is -3.16. The summed E-state index contributed by atoms with van der Waals surface area (Å²) in [7, 11) is 0. The fraction of sp³-hybridized carbons (Fsp3) is 0.368. The summed E-state index contributed by atoms with van der Waals surface area (Å²) in [6.07, 6.45) is 0.886. The Balaban J connectivity index is 1.82. The van der Waals surface area contributed by atoms with Gasteiger partial charge < -0.3 is 14.8 Å². The quantitative estimate of drug-likeness (QED) is 0.827. The summed E-state index contributed by atoms with van der Waals surface area (Å²) in [4.78, 5) is 56.1. The second kappa shape index (κ2) is 8.03. The molecule has 1 atom stereocenters. The molecule has 1 aliphatic heterocycles. The van der Waals surface area contributed by atoms with Gasteiger partial charge in [-0.1, -0.05) is 37.3 Å². The van der Waals surface area contributed by atoms with Crippen molar-refractivity contribution in [2.24, 2.45) is 0 Å². The summed E-state index contributed by atoms with van der Waals surface area (Å²) in [5.74, 6) is -0.466. The van der Waals surface area contributed by atoms with Crippen LogP contribution in [0.25, 0.3) is 0 Å². The lowest BCUT2D eigenvalue weighted by atomic mass is 10.1. The molecule has 1 unspecified atom stereocenters. The zero-order chi connectivity index (χ0) is 19.4. The highest BCUT2D eigenvalue weighted by atomic mass is 16.2. The van der Waals surface area contributed by atoms with Gasteiger partial charge in [0.25, 0.3) is 11.5 Å². The Labute approximate surface area is 155 Å². The molecule has 2 heterocycles. The number of aromatic nitrogens is 2. The van der Waals surface area contributed by atoms with Crippen LogP contribution in [0.4, 0.5) is 0 Å². The van der Waals surface area contributed by atoms with E-state index in [1.807, 2.05) is 47.1 Å². The Morgan fingerprint density at radius 1 is 1.15 bits per heavy atom. The number of rotatable bonds is 4. The maximum Gasteiger partial charge on any atom is 0.326 e. The van der Waals surface area contributed by atoms with Crippen molar-refractivity contribution in [1.82, 2.24) is 19.8 Å². The first-order valence-electron chi connectivity index (χ1n) is 8.94. The molecule has 1 fully saturated rings. The lowest BCUT2D eigenvalue weighted by molar-refractivity contribution is -0.133. The molecule has 27 heavy (non-hydrogen) atoms. The first-order chi connectivity index (χ1) is 13.0. The molecule has 0 saturated carbocycles. The average Bonchev–Trinajstić information content (AvgIpc) is 2.81. The molecule has 142 valence electrons. The number of benzene rings is 1. The Bertz CT molecular complexity index is 906. The summed E-state index contributed by atoms with van der Waals surface area (Å²) in [6, 6.07) is 10.6. The smallest absolute Gasteiger partial charge is 0.326 e. The Morgan fingerprint density at radius 2 is 1.89 bits per heavy atom. The molecule has 0 spiro atoms. The first kappa shape index (κ1) is 18.6. The van der Waals surface area contributed by atoms with Gasteiger partial charge in [0.05, 0.1) is 0 Å². The molecule has 0 bridgehead atoms. The third kappa shape index (κ3) is 4.33. The van der Waals surface area contributed by atoms with E-state index in [9.17, 15) is 19.2 Å². The van der Waals surface area contributed by atoms with Gasteiger partial charge in [0, 0.05) is 38.2 Å². The third-order valence-electron chi connectivity index (χ3n) is 4.73. The van der Waals surface area contributed by atoms with E-state index in [0.717, 1.165) is 11.6 Å². The van der Waals surface area contributed by atoms with Crippen molar-refractivity contribution in [3.8, 4) is 0 Å². The normalized spacial score (nSPS) is 17.7. The number of carbonyl (C=O) groups excluding carboxylic acids is 2. The van der Waals surface area contributed by atoms with Crippen molar-refractivity contribution in [3.63, 3.8) is 0 Å². The van der Waals surface area contributed by atoms with Crippen molar-refractivity contribution in [2.75, 3.05) is 13.1 Å². The minimum absolute atomic E-state index is 0.0135. The number of carbonyl (C=O) groups is 2. The largest absolute Gasteiger partial charge is 0.335 e. The molecule has 2 N–H and O–H groups in total. The highest BCUT2D eigenvalue weighted by Gasteiger charge is 2.31. The van der Waals surface area contributed by atoms with Gasteiger partial charge in [0.15, 0.2) is 0 Å². The summed E-state index contributed by atoms with van der Waals surface area (Å²) in [5, 5.41) is 0. The predicted molar refractivity (Wildman–Crippen MR) is 99.3 cm³/mol. The highest BCUT2D eigenvalue weighted by molar-refractivity contribution is 5.92. The SMILES string of the molecule is CCC1CN(C(=O)c2cc(=O)[nH]c(=O)[nH]2)CCC(=O)N1Cc1ccccc1. The molecule has 2 amide bonds. The maximum atomic E-state index is 12.8. The molecule has 2 aromatic rings. The highest BCUT2D eigenvalue weighted by Crippen LogP contribution is 2.18. The Kier molecular flexibility index (Phi) is 5.54. The van der Waals surface area contributed by atoms with Crippen LogP contribution in [0.5, 0.6) is 0 Å². The fourth-order valence-corrected chi connectivity index (χ4v) is 3.31. The van der Waals surface area contributed by atoms with E-state index in [4.69, 9.17) is 0 Å². The number of aromatic amines is 2. The van der Waals surface area contributed by atoms with Gasteiger partial charge in [-0.2, -0.15) is 0 Å². The Morgan fingerprint density at radius 3 is 2.56 bits per heavy atom. The summed E-state index contributed by atoms with van der Waals surface area (Å²) in [6.45, 7) is 3.05. The lowest BCUT2D eigenvalue weighted by Crippen LogP contribution is -2.44. The molecule has 8 heteroatoms. The number of hydrogen-bond acceptors (Lipinski definition) is 4. The molecule has 3 rings (SSSR count). The van der Waals surface area contributed by atoms with Gasteiger partial charge in [-0.05, 0) is 12.0 Å². The summed E-state index contributed by atoms with van der Waals surface area (Å²) >= 11 is 0. The van der Waals surface area contributed by atoms with E-state index >= 15 is 0 Å². The molecule has 0 radical (unpaired) electrons. The maximum absolute atomic E-state index is 12.8. The van der Waals surface area contributed by atoms with E-state index in [-0.39, 0.29) is 30.6 Å². The van der Waals surface area contributed by atoms with Gasteiger partial charge in [-0.25, -0.2) is 4.79 Å². The van der Waals surface area contributed by atoms with Crippen molar-refractivity contribution in [2.45, 2.75) is 32.4 Å². The van der Waals surface area contributed by atoms with Crippen molar-refractivity contribution < 1.29 is 9.59 Å². The van der Waals surface area contributed by atoms with E-state index < -0.39 is 17.2 Å². The van der Waals surface area contributed by atoms with Crippen LogP contribution in [0.2, 0.25) is 0 Å². The monoisotopic (exact) mass is 370 g/mol. The van der Waals surface area contributed by atoms with E-state index in [2.05, 4.69) is 4.98 Å². The second-order valence-electron chi connectivity index (χ2n) is 6.57. The van der Waals surface area contributed by atoms with Gasteiger partial charge in [-0.3, -0.25) is 19.4 Å². The fourth-order valence-electron chi connectivity index (χ4n) is 3.31. The van der Waals surface area contributed by atoms with Crippen LogP contribution in [0, 0.1) is 0 Å². The molecule has 1 aromatic heterocycles. The molecular weight excluding hydrogens is 348 g/mol. The average molecular weight is 370 g/mol. The van der Waals surface area contributed by atoms with Gasteiger partial charge in [0.1, 0.15) is 5.69 Å². The summed E-state index contributed by atoms with van der Waals surface area (Å²) in [5.41, 5.74) is -0.397. The molecule has 8 nitrogen and oxygen atoms in total. The molecule has 1 saturated heterocycles. The topological polar surface area (TPSA) is 106 Å². The lowest BCUT2D eigenvalue weighted by Gasteiger charge is -2.31. The van der Waals surface area contributed by atoms with Crippen LogP contribution in [0.3, 0.4) is 0 Å². The number of amides is 2. The molecular formula is C19H22N4O4. The zero-order valence-electron chi connectivity index (χ0n) is 15.1. The minimum atomic E-state index is -0.727. The number of nitrogens with zero attached hydrogens (tertiary/aromatic N) is 2. The number of nitrogens with one attached hydrogen (secondary N) is 2. The van der Waals surface area contributed by atoms with Crippen molar-refractivity contribution in [3.05, 3.63) is 68.5 Å². The van der Waals surface area contributed by atoms with Crippen LogP contribution >= 0.6 is 0 Å². The van der Waals surface area contributed by atoms with E-state index in [1.54, 1.807) is 0 Å². The van der Waals surface area contributed by atoms with Crippen molar-refractivity contribution >= 4 is 11.8 Å². The van der Waals surface area contributed by atoms with Gasteiger partial charge in [0.2, 0.25) is 5.91 Å². The van der Waals surface area contributed by atoms with Crippen LogP contribution in [0.1, 0.15) is 35.8 Å². The summed E-state index contributed by atoms with van der Waals surface area (Å²) < 4.78 is 0. The minimum Gasteiger partial charge on any atom is -0.335 e. The second-order valence-corrected chi connectivity index (χ2v) is 6.57. The van der Waals surface area contributed by atoms with E-state index in [1.165, 1.54) is 4.90 Å². The zero-order valence-corrected chi connectivity index (χ0v) is 15.1. The first-order valence-corrected chi connectivity index (χ1v) is 8.94. The molecule has 1 aliphatic rings. The number of H-pyrrole nitrogens is 2. The van der Waals surface area contributed by atoms with Crippen LogP contribution in [-0.2, 0) is 11.3 Å². The van der Waals surface area contributed by atoms with Crippen LogP contribution in [-0.4, -0.2) is 50.7 Å². The van der Waals surface area contributed by atoms with Crippen LogP contribution < -0.4 is 11.2 Å². The van der Waals surface area contributed by atoms with E-state index in [0.29, 0.717) is 19.5 Å². The van der Waals surface area contributed by atoms with Crippen molar-refractivity contribution in [1.29, 1.82) is 0 Å². The predicted octanol–water partition coefficient (Wildman–Crippen LogP) is 0.717. The van der Waals surface area contributed by atoms with Gasteiger partial charge >= 0.3 is 5.69 Å².